The molecule has 4 nitrogen and oxygen atoms in total. The van der Waals surface area contributed by atoms with Gasteiger partial charge in [0.2, 0.25) is 0 Å². The molecule has 0 aliphatic heterocycles. The third kappa shape index (κ3) is 4.15. The fourth-order valence-electron chi connectivity index (χ4n) is 2.65. The van der Waals surface area contributed by atoms with Gasteiger partial charge in [0.1, 0.15) is 0 Å². The summed E-state index contributed by atoms with van der Waals surface area (Å²) in [5.74, 6) is -0.279. The van der Waals surface area contributed by atoms with E-state index in [1.807, 2.05) is 24.3 Å². The van der Waals surface area contributed by atoms with Crippen molar-refractivity contribution in [2.75, 3.05) is 26.0 Å². The number of likely N-dealkylation sites (N-methyl/N-ethyl adjacent to an activating group) is 1. The number of halogens is 2. The normalized spacial score (nSPS) is 11.2. The SMILES string of the molecule is CN(C)CCn1ccc2cc(NC(=O)c3cc(Cl)ccc3Cl)ccc21. The van der Waals surface area contributed by atoms with Crippen molar-refractivity contribution in [3.63, 3.8) is 0 Å². The molecule has 0 unspecified atom stereocenters. The summed E-state index contributed by atoms with van der Waals surface area (Å²) in [6.07, 6.45) is 2.06. The van der Waals surface area contributed by atoms with Crippen molar-refractivity contribution in [3.8, 4) is 0 Å². The van der Waals surface area contributed by atoms with Gasteiger partial charge in [0, 0.05) is 40.9 Å². The highest BCUT2D eigenvalue weighted by Crippen LogP contribution is 2.24. The van der Waals surface area contributed by atoms with Crippen molar-refractivity contribution in [2.24, 2.45) is 0 Å². The van der Waals surface area contributed by atoms with E-state index < -0.39 is 0 Å². The minimum atomic E-state index is -0.279. The zero-order valence-corrected chi connectivity index (χ0v) is 15.6. The molecular weight excluding hydrogens is 357 g/mol. The van der Waals surface area contributed by atoms with Crippen LogP contribution in [0.15, 0.2) is 48.7 Å². The van der Waals surface area contributed by atoms with Crippen molar-refractivity contribution in [3.05, 3.63) is 64.3 Å². The van der Waals surface area contributed by atoms with Crippen LogP contribution in [0.1, 0.15) is 10.4 Å². The van der Waals surface area contributed by atoms with E-state index in [1.54, 1.807) is 18.2 Å². The topological polar surface area (TPSA) is 37.3 Å². The van der Waals surface area contributed by atoms with Gasteiger partial charge in [0.05, 0.1) is 10.6 Å². The zero-order chi connectivity index (χ0) is 18.0. The van der Waals surface area contributed by atoms with Crippen LogP contribution in [0.3, 0.4) is 0 Å². The third-order valence-electron chi connectivity index (χ3n) is 3.99. The van der Waals surface area contributed by atoms with Gasteiger partial charge in [0.15, 0.2) is 0 Å². The van der Waals surface area contributed by atoms with Gasteiger partial charge < -0.3 is 14.8 Å². The molecule has 0 aliphatic carbocycles. The summed E-state index contributed by atoms with van der Waals surface area (Å²) < 4.78 is 2.20. The Hall–Kier alpha value is -2.01. The van der Waals surface area contributed by atoms with Crippen LogP contribution in [0.25, 0.3) is 10.9 Å². The van der Waals surface area contributed by atoms with E-state index in [-0.39, 0.29) is 5.91 Å². The number of anilines is 1. The van der Waals surface area contributed by atoms with Gasteiger partial charge in [-0.15, -0.1) is 0 Å². The zero-order valence-electron chi connectivity index (χ0n) is 14.1. The molecule has 0 saturated heterocycles. The minimum Gasteiger partial charge on any atom is -0.346 e. The first-order valence-electron chi connectivity index (χ1n) is 7.94. The first kappa shape index (κ1) is 17.8. The lowest BCUT2D eigenvalue weighted by Gasteiger charge is -2.11. The highest BCUT2D eigenvalue weighted by Gasteiger charge is 2.12. The molecule has 0 bridgehead atoms. The van der Waals surface area contributed by atoms with E-state index >= 15 is 0 Å². The lowest BCUT2D eigenvalue weighted by molar-refractivity contribution is 0.102. The molecule has 1 heterocycles. The number of hydrogen-bond acceptors (Lipinski definition) is 2. The highest BCUT2D eigenvalue weighted by molar-refractivity contribution is 6.36. The molecule has 1 aromatic heterocycles. The number of benzene rings is 2. The Morgan fingerprint density at radius 2 is 1.92 bits per heavy atom. The molecule has 1 amide bonds. The second-order valence-corrected chi connectivity index (χ2v) is 7.01. The summed E-state index contributed by atoms with van der Waals surface area (Å²) in [7, 11) is 4.11. The molecule has 0 atom stereocenters. The van der Waals surface area contributed by atoms with Gasteiger partial charge in [-0.2, -0.15) is 0 Å². The number of fused-ring (bicyclic) bond motifs is 1. The average Bonchev–Trinajstić information content (AvgIpc) is 2.97. The Morgan fingerprint density at radius 1 is 1.12 bits per heavy atom. The Morgan fingerprint density at radius 3 is 2.68 bits per heavy atom. The number of hydrogen-bond donors (Lipinski definition) is 1. The van der Waals surface area contributed by atoms with Gasteiger partial charge in [0.25, 0.3) is 5.91 Å². The van der Waals surface area contributed by atoms with E-state index in [1.165, 1.54) is 0 Å². The van der Waals surface area contributed by atoms with Crippen LogP contribution >= 0.6 is 23.2 Å². The Kier molecular flexibility index (Phi) is 5.33. The van der Waals surface area contributed by atoms with E-state index in [0.29, 0.717) is 15.6 Å². The molecule has 3 aromatic rings. The molecule has 0 fully saturated rings. The Labute approximate surface area is 156 Å². The molecule has 0 saturated carbocycles. The van der Waals surface area contributed by atoms with Crippen LogP contribution in [-0.2, 0) is 6.54 Å². The molecule has 0 aliphatic rings. The predicted molar refractivity (Wildman–Crippen MR) is 105 cm³/mol. The van der Waals surface area contributed by atoms with Crippen LogP contribution < -0.4 is 5.32 Å². The van der Waals surface area contributed by atoms with Crippen molar-refractivity contribution in [1.82, 2.24) is 9.47 Å². The Bertz CT molecular complexity index is 918. The van der Waals surface area contributed by atoms with Crippen molar-refractivity contribution in [2.45, 2.75) is 6.54 Å². The fourth-order valence-corrected chi connectivity index (χ4v) is 3.03. The largest absolute Gasteiger partial charge is 0.346 e. The van der Waals surface area contributed by atoms with E-state index in [4.69, 9.17) is 23.2 Å². The van der Waals surface area contributed by atoms with Crippen molar-refractivity contribution in [1.29, 1.82) is 0 Å². The molecule has 6 heteroatoms. The van der Waals surface area contributed by atoms with E-state index in [2.05, 4.69) is 35.1 Å². The molecule has 25 heavy (non-hydrogen) atoms. The summed E-state index contributed by atoms with van der Waals surface area (Å²) in [5, 5.41) is 4.80. The third-order valence-corrected chi connectivity index (χ3v) is 4.55. The molecule has 1 N–H and O–H groups in total. The molecule has 2 aromatic carbocycles. The van der Waals surface area contributed by atoms with E-state index in [0.717, 1.165) is 29.7 Å². The number of nitrogens with zero attached hydrogens (tertiary/aromatic N) is 2. The van der Waals surface area contributed by atoms with Crippen molar-refractivity contribution < 1.29 is 4.79 Å². The number of amides is 1. The summed E-state index contributed by atoms with van der Waals surface area (Å²) in [6.45, 7) is 1.88. The van der Waals surface area contributed by atoms with Crippen LogP contribution in [0.2, 0.25) is 10.0 Å². The molecule has 130 valence electrons. The lowest BCUT2D eigenvalue weighted by atomic mass is 10.2. The number of nitrogens with one attached hydrogen (secondary N) is 1. The summed E-state index contributed by atoms with van der Waals surface area (Å²) >= 11 is 12.0. The van der Waals surface area contributed by atoms with Crippen LogP contribution in [-0.4, -0.2) is 36.0 Å². The first-order valence-corrected chi connectivity index (χ1v) is 8.69. The maximum Gasteiger partial charge on any atom is 0.257 e. The van der Waals surface area contributed by atoms with Gasteiger partial charge >= 0.3 is 0 Å². The Balaban J connectivity index is 1.80. The van der Waals surface area contributed by atoms with Crippen LogP contribution in [0, 0.1) is 0 Å². The van der Waals surface area contributed by atoms with Crippen LogP contribution in [0.5, 0.6) is 0 Å². The minimum absolute atomic E-state index is 0.279. The number of carbonyl (C=O) groups is 1. The first-order chi connectivity index (χ1) is 11.9. The molecule has 0 spiro atoms. The maximum atomic E-state index is 12.4. The fraction of sp³-hybridized carbons (Fsp3) is 0.211. The average molecular weight is 376 g/mol. The van der Waals surface area contributed by atoms with Crippen LogP contribution in [0.4, 0.5) is 5.69 Å². The summed E-state index contributed by atoms with van der Waals surface area (Å²) in [4.78, 5) is 14.6. The molecular formula is C19H19Cl2N3O. The lowest BCUT2D eigenvalue weighted by Crippen LogP contribution is -2.17. The quantitative estimate of drug-likeness (QED) is 0.697. The van der Waals surface area contributed by atoms with Gasteiger partial charge in [-0.25, -0.2) is 0 Å². The van der Waals surface area contributed by atoms with Gasteiger partial charge in [-0.3, -0.25) is 4.79 Å². The monoisotopic (exact) mass is 375 g/mol. The highest BCUT2D eigenvalue weighted by atomic mass is 35.5. The standard InChI is InChI=1S/C19H19Cl2N3O/c1-23(2)9-10-24-8-7-13-11-15(4-6-18(13)24)22-19(25)16-12-14(20)3-5-17(16)21/h3-8,11-12H,9-10H2,1-2H3,(H,22,25). The summed E-state index contributed by atoms with van der Waals surface area (Å²) in [6, 6.07) is 12.8. The van der Waals surface area contributed by atoms with Gasteiger partial charge in [-0.1, -0.05) is 23.2 Å². The second-order valence-electron chi connectivity index (χ2n) is 6.16. The maximum absolute atomic E-state index is 12.4. The predicted octanol–water partition coefficient (Wildman–Crippen LogP) is 4.76. The van der Waals surface area contributed by atoms with Crippen molar-refractivity contribution >= 4 is 45.7 Å². The summed E-state index contributed by atoms with van der Waals surface area (Å²) in [5.41, 5.74) is 2.22. The second kappa shape index (κ2) is 7.48. The molecule has 3 rings (SSSR count). The molecule has 0 radical (unpaired) electrons. The van der Waals surface area contributed by atoms with Gasteiger partial charge in [-0.05, 0) is 56.6 Å². The van der Waals surface area contributed by atoms with E-state index in [9.17, 15) is 4.79 Å². The smallest absolute Gasteiger partial charge is 0.257 e. The number of rotatable bonds is 5. The number of aromatic nitrogens is 1. The number of carbonyl (C=O) groups excluding carboxylic acids is 1.